The number of nitrogens with zero attached hydrogens (tertiary/aromatic N) is 1. The Morgan fingerprint density at radius 1 is 0.962 bits per heavy atom. The van der Waals surface area contributed by atoms with Crippen molar-refractivity contribution in [3.05, 3.63) is 88.0 Å². The van der Waals surface area contributed by atoms with E-state index in [4.69, 9.17) is 0 Å². The number of hydrogen-bond donors (Lipinski definition) is 1. The first kappa shape index (κ1) is 17.9. The highest BCUT2D eigenvalue weighted by atomic mass is 32.2. The largest absolute Gasteiger partial charge is 0.351 e. The number of nitro benzene ring substituents is 1. The zero-order chi connectivity index (χ0) is 18.4. The van der Waals surface area contributed by atoms with E-state index in [1.165, 1.54) is 29.3 Å². The average Bonchev–Trinajstić information content (AvgIpc) is 2.66. The summed E-state index contributed by atoms with van der Waals surface area (Å²) >= 11 is 1.48. The molecule has 1 amide bonds. The fourth-order valence-electron chi connectivity index (χ4n) is 2.58. The van der Waals surface area contributed by atoms with Gasteiger partial charge in [-0.2, -0.15) is 0 Å². The van der Waals surface area contributed by atoms with Gasteiger partial charge in [-0.05, 0) is 28.0 Å². The van der Waals surface area contributed by atoms with Crippen LogP contribution in [-0.2, 0) is 17.1 Å². The van der Waals surface area contributed by atoms with Gasteiger partial charge in [0.2, 0.25) is 5.91 Å². The Balaban J connectivity index is 1.44. The number of amides is 1. The lowest BCUT2D eigenvalue weighted by molar-refractivity contribution is -0.384. The third kappa shape index (κ3) is 4.83. The van der Waals surface area contributed by atoms with Crippen LogP contribution in [0, 0.1) is 10.1 Å². The molecule has 132 valence electrons. The molecule has 3 aromatic carbocycles. The van der Waals surface area contributed by atoms with Crippen molar-refractivity contribution in [1.29, 1.82) is 0 Å². The summed E-state index contributed by atoms with van der Waals surface area (Å²) in [6, 6.07) is 20.7. The minimum atomic E-state index is -0.419. The van der Waals surface area contributed by atoms with Crippen molar-refractivity contribution in [2.75, 3.05) is 5.75 Å². The first-order valence-electron chi connectivity index (χ1n) is 8.17. The number of carbonyl (C=O) groups excluding carboxylic acids is 1. The fourth-order valence-corrected chi connectivity index (χ4v) is 3.39. The second kappa shape index (κ2) is 8.49. The van der Waals surface area contributed by atoms with Crippen LogP contribution in [0.5, 0.6) is 0 Å². The Bertz CT molecular complexity index is 926. The quantitative estimate of drug-likeness (QED) is 0.500. The molecule has 0 saturated heterocycles. The van der Waals surface area contributed by atoms with Gasteiger partial charge in [0.25, 0.3) is 5.69 Å². The van der Waals surface area contributed by atoms with E-state index in [0.717, 1.165) is 16.5 Å². The van der Waals surface area contributed by atoms with Crippen LogP contribution in [0.4, 0.5) is 5.69 Å². The predicted molar refractivity (Wildman–Crippen MR) is 105 cm³/mol. The van der Waals surface area contributed by atoms with E-state index < -0.39 is 4.92 Å². The Kier molecular flexibility index (Phi) is 5.86. The second-order valence-electron chi connectivity index (χ2n) is 5.87. The Labute approximate surface area is 155 Å². The van der Waals surface area contributed by atoms with Gasteiger partial charge in [0, 0.05) is 24.4 Å². The summed E-state index contributed by atoms with van der Waals surface area (Å²) in [6.07, 6.45) is 0. The third-order valence-electron chi connectivity index (χ3n) is 3.95. The van der Waals surface area contributed by atoms with Gasteiger partial charge in [0.05, 0.1) is 10.7 Å². The van der Waals surface area contributed by atoms with E-state index in [2.05, 4.69) is 29.6 Å². The Morgan fingerprint density at radius 3 is 2.38 bits per heavy atom. The second-order valence-corrected chi connectivity index (χ2v) is 6.86. The summed E-state index contributed by atoms with van der Waals surface area (Å²) in [5.41, 5.74) is 2.10. The van der Waals surface area contributed by atoms with Crippen molar-refractivity contribution in [2.24, 2.45) is 0 Å². The summed E-state index contributed by atoms with van der Waals surface area (Å²) in [5.74, 6) is 0.969. The molecule has 5 nitrogen and oxygen atoms in total. The van der Waals surface area contributed by atoms with E-state index in [1.807, 2.05) is 18.2 Å². The van der Waals surface area contributed by atoms with Gasteiger partial charge in [0.1, 0.15) is 0 Å². The molecule has 6 heteroatoms. The van der Waals surface area contributed by atoms with Crippen LogP contribution in [0.2, 0.25) is 0 Å². The molecule has 0 heterocycles. The van der Waals surface area contributed by atoms with E-state index in [9.17, 15) is 14.9 Å². The van der Waals surface area contributed by atoms with Crippen LogP contribution in [0.15, 0.2) is 66.7 Å². The topological polar surface area (TPSA) is 72.2 Å². The number of non-ortho nitro benzene ring substituents is 1. The van der Waals surface area contributed by atoms with E-state index >= 15 is 0 Å². The highest BCUT2D eigenvalue weighted by molar-refractivity contribution is 7.99. The molecule has 0 aliphatic rings. The SMILES string of the molecule is O=C(CSCc1ccc([N+](=O)[O-])cc1)NCc1ccc2ccccc2c1. The van der Waals surface area contributed by atoms with Crippen LogP contribution < -0.4 is 5.32 Å². The average molecular weight is 366 g/mol. The lowest BCUT2D eigenvalue weighted by Gasteiger charge is -2.07. The molecule has 0 unspecified atom stereocenters. The van der Waals surface area contributed by atoms with Crippen LogP contribution in [0.1, 0.15) is 11.1 Å². The van der Waals surface area contributed by atoms with Crippen LogP contribution >= 0.6 is 11.8 Å². The lowest BCUT2D eigenvalue weighted by atomic mass is 10.1. The minimum absolute atomic E-state index is 0.0231. The molecule has 0 fully saturated rings. The first-order chi connectivity index (χ1) is 12.6. The smallest absolute Gasteiger partial charge is 0.269 e. The molecule has 1 N–H and O–H groups in total. The van der Waals surface area contributed by atoms with Crippen molar-refractivity contribution < 1.29 is 9.72 Å². The minimum Gasteiger partial charge on any atom is -0.351 e. The first-order valence-corrected chi connectivity index (χ1v) is 9.33. The molecule has 0 spiro atoms. The number of fused-ring (bicyclic) bond motifs is 1. The Morgan fingerprint density at radius 2 is 1.65 bits per heavy atom. The summed E-state index contributed by atoms with van der Waals surface area (Å²) < 4.78 is 0. The van der Waals surface area contributed by atoms with Gasteiger partial charge in [-0.1, -0.05) is 48.5 Å². The summed E-state index contributed by atoms with van der Waals surface area (Å²) in [4.78, 5) is 22.2. The molecule has 0 bridgehead atoms. The highest BCUT2D eigenvalue weighted by Gasteiger charge is 2.06. The summed E-state index contributed by atoms with van der Waals surface area (Å²) in [7, 11) is 0. The maximum Gasteiger partial charge on any atom is 0.269 e. The molecule has 0 radical (unpaired) electrons. The van der Waals surface area contributed by atoms with Crippen molar-refractivity contribution in [3.63, 3.8) is 0 Å². The summed E-state index contributed by atoms with van der Waals surface area (Å²) in [6.45, 7) is 0.502. The van der Waals surface area contributed by atoms with Crippen molar-refractivity contribution in [2.45, 2.75) is 12.3 Å². The Hall–Kier alpha value is -2.86. The van der Waals surface area contributed by atoms with Gasteiger partial charge in [-0.3, -0.25) is 14.9 Å². The number of rotatable bonds is 7. The molecule has 0 aromatic heterocycles. The van der Waals surface area contributed by atoms with E-state index in [0.29, 0.717) is 18.1 Å². The van der Waals surface area contributed by atoms with Crippen LogP contribution in [0.25, 0.3) is 10.8 Å². The van der Waals surface area contributed by atoms with E-state index in [1.54, 1.807) is 12.1 Å². The van der Waals surface area contributed by atoms with E-state index in [-0.39, 0.29) is 11.6 Å². The monoisotopic (exact) mass is 366 g/mol. The molecule has 0 aliphatic heterocycles. The lowest BCUT2D eigenvalue weighted by Crippen LogP contribution is -2.24. The molecule has 3 rings (SSSR count). The summed E-state index contributed by atoms with van der Waals surface area (Å²) in [5, 5.41) is 15.9. The molecule has 3 aromatic rings. The maximum absolute atomic E-state index is 12.0. The third-order valence-corrected chi connectivity index (χ3v) is 4.96. The number of thioether (sulfide) groups is 1. The zero-order valence-electron chi connectivity index (χ0n) is 14.1. The van der Waals surface area contributed by atoms with Crippen molar-refractivity contribution >= 4 is 34.1 Å². The molecule has 0 atom stereocenters. The zero-order valence-corrected chi connectivity index (χ0v) is 14.9. The molecule has 0 aliphatic carbocycles. The van der Waals surface area contributed by atoms with Crippen LogP contribution in [0.3, 0.4) is 0 Å². The van der Waals surface area contributed by atoms with Crippen LogP contribution in [-0.4, -0.2) is 16.6 Å². The molecule has 26 heavy (non-hydrogen) atoms. The highest BCUT2D eigenvalue weighted by Crippen LogP contribution is 2.17. The van der Waals surface area contributed by atoms with Gasteiger partial charge >= 0.3 is 0 Å². The standard InChI is InChI=1S/C20H18N2O3S/c23-20(14-26-13-15-6-9-19(10-7-15)22(24)25)21-12-16-5-8-17-3-1-2-4-18(17)11-16/h1-11H,12-14H2,(H,21,23). The number of hydrogen-bond acceptors (Lipinski definition) is 4. The predicted octanol–water partition coefficient (Wildman–Crippen LogP) is 4.30. The fraction of sp³-hybridized carbons (Fsp3) is 0.150. The number of nitro groups is 1. The molecular weight excluding hydrogens is 348 g/mol. The van der Waals surface area contributed by atoms with Crippen molar-refractivity contribution in [1.82, 2.24) is 5.32 Å². The van der Waals surface area contributed by atoms with Crippen molar-refractivity contribution in [3.8, 4) is 0 Å². The normalized spacial score (nSPS) is 10.6. The number of carbonyl (C=O) groups is 1. The number of benzene rings is 3. The molecular formula is C20H18N2O3S. The maximum atomic E-state index is 12.0. The molecule has 0 saturated carbocycles. The van der Waals surface area contributed by atoms with Gasteiger partial charge in [-0.15, -0.1) is 11.8 Å². The van der Waals surface area contributed by atoms with Gasteiger partial charge in [0.15, 0.2) is 0 Å². The van der Waals surface area contributed by atoms with Gasteiger partial charge < -0.3 is 5.32 Å². The van der Waals surface area contributed by atoms with Gasteiger partial charge in [-0.25, -0.2) is 0 Å². The number of nitrogens with one attached hydrogen (secondary N) is 1.